The molecule has 1 N–H and O–H groups in total. The molecule has 0 heterocycles. The minimum absolute atomic E-state index is 0.244. The van der Waals surface area contributed by atoms with Crippen LogP contribution < -0.4 is 5.32 Å². The molecule has 5 nitrogen and oxygen atoms in total. The Balaban J connectivity index is 1.67. The number of amides is 1. The van der Waals surface area contributed by atoms with Gasteiger partial charge in [0.15, 0.2) is 6.61 Å². The van der Waals surface area contributed by atoms with E-state index < -0.39 is 17.4 Å². The molecule has 1 aromatic carbocycles. The van der Waals surface area contributed by atoms with Crippen molar-refractivity contribution >= 4 is 23.6 Å². The second-order valence-electron chi connectivity index (χ2n) is 6.45. The molecule has 0 unspecified atom stereocenters. The summed E-state index contributed by atoms with van der Waals surface area (Å²) in [6, 6.07) is 8.38. The fourth-order valence-corrected chi connectivity index (χ4v) is 3.75. The van der Waals surface area contributed by atoms with Gasteiger partial charge in [-0.3, -0.25) is 9.59 Å². The van der Waals surface area contributed by atoms with Gasteiger partial charge in [-0.25, -0.2) is 0 Å². The van der Waals surface area contributed by atoms with Crippen molar-refractivity contribution < 1.29 is 14.3 Å². The molecule has 25 heavy (non-hydrogen) atoms. The van der Waals surface area contributed by atoms with E-state index in [2.05, 4.69) is 37.4 Å². The van der Waals surface area contributed by atoms with Gasteiger partial charge in [0.05, 0.1) is 12.5 Å². The van der Waals surface area contributed by atoms with Crippen molar-refractivity contribution in [2.24, 2.45) is 0 Å². The summed E-state index contributed by atoms with van der Waals surface area (Å²) in [4.78, 5) is 24.8. The first kappa shape index (κ1) is 19.3. The predicted molar refractivity (Wildman–Crippen MR) is 97.2 cm³/mol. The highest BCUT2D eigenvalue weighted by Crippen LogP contribution is 2.28. The van der Waals surface area contributed by atoms with Crippen molar-refractivity contribution in [3.8, 4) is 6.07 Å². The summed E-state index contributed by atoms with van der Waals surface area (Å²) in [5.41, 5.74) is 1.69. The molecule has 0 aromatic heterocycles. The largest absolute Gasteiger partial charge is 0.456 e. The highest BCUT2D eigenvalue weighted by molar-refractivity contribution is 7.99. The molecular weight excluding hydrogens is 336 g/mol. The van der Waals surface area contributed by atoms with E-state index in [0.717, 1.165) is 17.7 Å². The van der Waals surface area contributed by atoms with Crippen LogP contribution in [0.1, 0.15) is 43.2 Å². The molecule has 0 saturated heterocycles. The summed E-state index contributed by atoms with van der Waals surface area (Å²) in [7, 11) is 0. The number of esters is 1. The van der Waals surface area contributed by atoms with Crippen LogP contribution in [-0.4, -0.2) is 29.8 Å². The van der Waals surface area contributed by atoms with Crippen LogP contribution in [0.25, 0.3) is 0 Å². The van der Waals surface area contributed by atoms with Gasteiger partial charge >= 0.3 is 5.97 Å². The summed E-state index contributed by atoms with van der Waals surface area (Å²) >= 11 is 1.59. The molecule has 0 spiro atoms. The molecule has 1 aliphatic rings. The van der Waals surface area contributed by atoms with Gasteiger partial charge in [-0.15, -0.1) is 11.8 Å². The molecule has 6 heteroatoms. The lowest BCUT2D eigenvalue weighted by Crippen LogP contribution is -2.46. The maximum absolute atomic E-state index is 11.9. The molecular formula is C19H24N2O3S. The number of nitrogens with one attached hydrogen (secondary N) is 1. The Hall–Kier alpha value is -2.00. The number of carbonyl (C=O) groups is 2. The van der Waals surface area contributed by atoms with E-state index in [1.54, 1.807) is 11.8 Å². The van der Waals surface area contributed by atoms with Crippen molar-refractivity contribution in [1.29, 1.82) is 5.26 Å². The molecule has 0 atom stereocenters. The van der Waals surface area contributed by atoms with E-state index in [0.29, 0.717) is 18.6 Å². The van der Waals surface area contributed by atoms with E-state index >= 15 is 0 Å². The number of ether oxygens (including phenoxy) is 1. The third-order valence-electron chi connectivity index (χ3n) is 4.47. The summed E-state index contributed by atoms with van der Waals surface area (Å²) in [6.07, 6.45) is 3.44. The number of thioether (sulfide) groups is 1. The highest BCUT2D eigenvalue weighted by atomic mass is 32.2. The molecule has 0 aliphatic heterocycles. The fourth-order valence-electron chi connectivity index (χ4n) is 2.82. The first-order valence-corrected chi connectivity index (χ1v) is 9.51. The van der Waals surface area contributed by atoms with Crippen LogP contribution in [0.2, 0.25) is 0 Å². The number of hydrogen-bond donors (Lipinski definition) is 1. The second kappa shape index (κ2) is 8.91. The fraction of sp³-hybridized carbons (Fsp3) is 0.526. The topological polar surface area (TPSA) is 79.2 Å². The minimum atomic E-state index is -0.775. The van der Waals surface area contributed by atoms with E-state index in [1.165, 1.54) is 11.1 Å². The molecule has 1 aromatic rings. The number of carbonyl (C=O) groups excluding carboxylic acids is 2. The second-order valence-corrected chi connectivity index (χ2v) is 7.62. The molecule has 1 aliphatic carbocycles. The Morgan fingerprint density at radius 1 is 1.28 bits per heavy atom. The van der Waals surface area contributed by atoms with E-state index in [4.69, 9.17) is 4.74 Å². The zero-order valence-corrected chi connectivity index (χ0v) is 15.6. The normalized spacial score (nSPS) is 15.4. The number of nitriles is 1. The number of hydrogen-bond acceptors (Lipinski definition) is 5. The van der Waals surface area contributed by atoms with Gasteiger partial charge in [0.25, 0.3) is 5.91 Å². The molecule has 1 fully saturated rings. The Bertz CT molecular complexity index is 676. The predicted octanol–water partition coefficient (Wildman–Crippen LogP) is 3.28. The van der Waals surface area contributed by atoms with Gasteiger partial charge in [0.1, 0.15) is 5.54 Å². The lowest BCUT2D eigenvalue weighted by Gasteiger charge is -2.21. The number of benzene rings is 1. The molecule has 2 rings (SSSR count). The molecule has 0 radical (unpaired) electrons. The van der Waals surface area contributed by atoms with Crippen LogP contribution in [-0.2, 0) is 14.3 Å². The highest BCUT2D eigenvalue weighted by Gasteiger charge is 2.35. The Kier molecular flexibility index (Phi) is 6.89. The monoisotopic (exact) mass is 360 g/mol. The van der Waals surface area contributed by atoms with Crippen LogP contribution in [0.15, 0.2) is 23.1 Å². The van der Waals surface area contributed by atoms with Crippen molar-refractivity contribution in [1.82, 2.24) is 5.32 Å². The maximum atomic E-state index is 11.9. The average Bonchev–Trinajstić information content (AvgIpc) is 3.05. The van der Waals surface area contributed by atoms with Gasteiger partial charge < -0.3 is 10.1 Å². The van der Waals surface area contributed by atoms with Crippen molar-refractivity contribution in [3.63, 3.8) is 0 Å². The van der Waals surface area contributed by atoms with Gasteiger partial charge in [0.2, 0.25) is 0 Å². The Labute approximate surface area is 153 Å². The van der Waals surface area contributed by atoms with Gasteiger partial charge in [-0.1, -0.05) is 6.07 Å². The SMILES string of the molecule is Cc1ccc(SCCC(=O)OCC(=O)NC2(C#N)CCCC2)cc1C. The lowest BCUT2D eigenvalue weighted by atomic mass is 10.00. The van der Waals surface area contributed by atoms with Gasteiger partial charge in [-0.05, 0) is 62.8 Å². The Morgan fingerprint density at radius 3 is 2.64 bits per heavy atom. The van der Waals surface area contributed by atoms with E-state index in [-0.39, 0.29) is 13.0 Å². The Morgan fingerprint density at radius 2 is 2.00 bits per heavy atom. The van der Waals surface area contributed by atoms with Crippen LogP contribution >= 0.6 is 11.8 Å². The standard InChI is InChI=1S/C19H24N2O3S/c1-14-5-6-16(11-15(14)2)25-10-7-18(23)24-12-17(22)21-19(13-20)8-3-4-9-19/h5-6,11H,3-4,7-10,12H2,1-2H3,(H,21,22). The average molecular weight is 360 g/mol. The molecule has 0 bridgehead atoms. The lowest BCUT2D eigenvalue weighted by molar-refractivity contribution is -0.148. The number of rotatable bonds is 7. The van der Waals surface area contributed by atoms with Gasteiger partial charge in [-0.2, -0.15) is 5.26 Å². The van der Waals surface area contributed by atoms with Crippen LogP contribution in [0.4, 0.5) is 0 Å². The third-order valence-corrected chi connectivity index (χ3v) is 5.46. The van der Waals surface area contributed by atoms with Crippen molar-refractivity contribution in [3.05, 3.63) is 29.3 Å². The van der Waals surface area contributed by atoms with Crippen molar-refractivity contribution in [2.75, 3.05) is 12.4 Å². The summed E-state index contributed by atoms with van der Waals surface area (Å²) in [6.45, 7) is 3.80. The van der Waals surface area contributed by atoms with E-state index in [9.17, 15) is 14.9 Å². The van der Waals surface area contributed by atoms with Gasteiger partial charge in [0, 0.05) is 10.6 Å². The number of nitrogens with zero attached hydrogens (tertiary/aromatic N) is 1. The number of aryl methyl sites for hydroxylation is 2. The molecule has 134 valence electrons. The molecule has 1 amide bonds. The van der Waals surface area contributed by atoms with Crippen LogP contribution in [0, 0.1) is 25.2 Å². The smallest absolute Gasteiger partial charge is 0.307 e. The summed E-state index contributed by atoms with van der Waals surface area (Å²) in [5.74, 6) is -0.201. The van der Waals surface area contributed by atoms with E-state index in [1.807, 2.05) is 6.07 Å². The summed E-state index contributed by atoms with van der Waals surface area (Å²) < 4.78 is 5.01. The zero-order valence-electron chi connectivity index (χ0n) is 14.8. The quantitative estimate of drug-likeness (QED) is 0.596. The molecule has 1 saturated carbocycles. The van der Waals surface area contributed by atoms with Crippen LogP contribution in [0.5, 0.6) is 0 Å². The third kappa shape index (κ3) is 5.79. The minimum Gasteiger partial charge on any atom is -0.456 e. The first-order valence-electron chi connectivity index (χ1n) is 8.52. The zero-order chi connectivity index (χ0) is 18.3. The first-order chi connectivity index (χ1) is 11.9. The maximum Gasteiger partial charge on any atom is 0.307 e. The van der Waals surface area contributed by atoms with Crippen molar-refractivity contribution in [2.45, 2.75) is 56.4 Å². The van der Waals surface area contributed by atoms with Crippen LogP contribution in [0.3, 0.4) is 0 Å². The summed E-state index contributed by atoms with van der Waals surface area (Å²) in [5, 5.41) is 11.9.